The largest absolute Gasteiger partial charge is 0.324 e. The van der Waals surface area contributed by atoms with Gasteiger partial charge in [0, 0.05) is 5.02 Å². The number of benzene rings is 1. The molecule has 6 heteroatoms. The third kappa shape index (κ3) is 1.98. The second kappa shape index (κ2) is 3.96. The fourth-order valence-corrected chi connectivity index (χ4v) is 1.50. The number of nitrogens with zero attached hydrogens (tertiary/aromatic N) is 4. The van der Waals surface area contributed by atoms with Crippen molar-refractivity contribution in [3.63, 3.8) is 0 Å². The Morgan fingerprint density at radius 1 is 1.47 bits per heavy atom. The Balaban J connectivity index is 2.44. The minimum Gasteiger partial charge on any atom is -0.324 e. The molecule has 0 atom stereocenters. The summed E-state index contributed by atoms with van der Waals surface area (Å²) in [6.07, 6.45) is 0. The summed E-state index contributed by atoms with van der Waals surface area (Å²) < 4.78 is 0. The lowest BCUT2D eigenvalue weighted by Gasteiger charge is -2.02. The molecule has 0 amide bonds. The quantitative estimate of drug-likeness (QED) is 0.827. The van der Waals surface area contributed by atoms with Gasteiger partial charge in [-0.3, -0.25) is 0 Å². The van der Waals surface area contributed by atoms with Gasteiger partial charge in [-0.1, -0.05) is 11.6 Å². The fourth-order valence-electron chi connectivity index (χ4n) is 1.27. The first-order valence-electron chi connectivity index (χ1n) is 4.46. The number of tetrazole rings is 1. The van der Waals surface area contributed by atoms with Crippen LogP contribution in [-0.2, 0) is 6.54 Å². The normalized spacial score (nSPS) is 10.6. The van der Waals surface area contributed by atoms with Crippen LogP contribution in [0.1, 0.15) is 11.4 Å². The molecule has 1 aromatic carbocycles. The van der Waals surface area contributed by atoms with Gasteiger partial charge >= 0.3 is 0 Å². The lowest BCUT2D eigenvalue weighted by molar-refractivity contribution is 0.713. The Kier molecular flexibility index (Phi) is 2.66. The Bertz CT molecular complexity index is 479. The van der Waals surface area contributed by atoms with Crippen molar-refractivity contribution in [1.29, 1.82) is 0 Å². The summed E-state index contributed by atoms with van der Waals surface area (Å²) in [5.41, 5.74) is 7.25. The third-order valence-electron chi connectivity index (χ3n) is 2.01. The minimum atomic E-state index is 0.284. The lowest BCUT2D eigenvalue weighted by Crippen LogP contribution is -2.03. The molecule has 0 spiro atoms. The van der Waals surface area contributed by atoms with Crippen molar-refractivity contribution in [2.24, 2.45) is 5.73 Å². The molecule has 5 nitrogen and oxygen atoms in total. The van der Waals surface area contributed by atoms with E-state index >= 15 is 0 Å². The first kappa shape index (κ1) is 10.1. The summed E-state index contributed by atoms with van der Waals surface area (Å²) >= 11 is 5.85. The number of hydrogen-bond donors (Lipinski definition) is 1. The van der Waals surface area contributed by atoms with Crippen LogP contribution >= 0.6 is 11.6 Å². The molecule has 1 heterocycles. The van der Waals surface area contributed by atoms with Crippen LogP contribution in [0.2, 0.25) is 5.02 Å². The van der Waals surface area contributed by atoms with Crippen LogP contribution in [0.3, 0.4) is 0 Å². The number of halogens is 1. The average Bonchev–Trinajstić information content (AvgIpc) is 2.66. The molecule has 0 aliphatic carbocycles. The number of aromatic nitrogens is 4. The molecule has 0 unspecified atom stereocenters. The van der Waals surface area contributed by atoms with Gasteiger partial charge in [0.1, 0.15) is 0 Å². The Morgan fingerprint density at radius 3 is 2.87 bits per heavy atom. The van der Waals surface area contributed by atoms with Gasteiger partial charge in [0.15, 0.2) is 5.82 Å². The molecule has 0 saturated heterocycles. The molecule has 0 fully saturated rings. The zero-order chi connectivity index (χ0) is 10.8. The van der Waals surface area contributed by atoms with E-state index in [0.29, 0.717) is 10.8 Å². The second-order valence-electron chi connectivity index (χ2n) is 3.13. The zero-order valence-corrected chi connectivity index (χ0v) is 8.94. The van der Waals surface area contributed by atoms with Crippen LogP contribution < -0.4 is 5.73 Å². The minimum absolute atomic E-state index is 0.284. The smallest absolute Gasteiger partial charge is 0.188 e. The topological polar surface area (TPSA) is 69.6 Å². The van der Waals surface area contributed by atoms with E-state index in [1.165, 1.54) is 4.80 Å². The van der Waals surface area contributed by atoms with E-state index in [1.807, 2.05) is 19.1 Å². The summed E-state index contributed by atoms with van der Waals surface area (Å²) in [5, 5.41) is 12.5. The van der Waals surface area contributed by atoms with Gasteiger partial charge in [0.2, 0.25) is 0 Å². The zero-order valence-electron chi connectivity index (χ0n) is 8.18. The molecule has 1 aromatic heterocycles. The Labute approximate surface area is 91.8 Å². The van der Waals surface area contributed by atoms with Gasteiger partial charge in [-0.25, -0.2) is 0 Å². The van der Waals surface area contributed by atoms with Gasteiger partial charge in [-0.2, -0.15) is 0 Å². The van der Waals surface area contributed by atoms with Gasteiger partial charge in [0.05, 0.1) is 12.2 Å². The standard InChI is InChI=1S/C9H10ClN5/c1-6-4-7(10)2-3-8(6)15-13-9(5-11)12-14-15/h2-4H,5,11H2,1H3. The highest BCUT2D eigenvalue weighted by Gasteiger charge is 2.06. The monoisotopic (exact) mass is 223 g/mol. The van der Waals surface area contributed by atoms with Gasteiger partial charge in [0.25, 0.3) is 0 Å². The van der Waals surface area contributed by atoms with Crippen molar-refractivity contribution in [3.05, 3.63) is 34.6 Å². The second-order valence-corrected chi connectivity index (χ2v) is 3.57. The molecule has 15 heavy (non-hydrogen) atoms. The fraction of sp³-hybridized carbons (Fsp3) is 0.222. The van der Waals surface area contributed by atoms with Crippen molar-refractivity contribution in [1.82, 2.24) is 20.2 Å². The maximum Gasteiger partial charge on any atom is 0.188 e. The molecule has 2 rings (SSSR count). The van der Waals surface area contributed by atoms with E-state index in [-0.39, 0.29) is 6.54 Å². The highest BCUT2D eigenvalue weighted by atomic mass is 35.5. The van der Waals surface area contributed by atoms with Crippen molar-refractivity contribution in [2.75, 3.05) is 0 Å². The number of hydrogen-bond acceptors (Lipinski definition) is 4. The molecule has 2 aromatic rings. The van der Waals surface area contributed by atoms with Crippen LogP contribution in [0, 0.1) is 6.92 Å². The maximum atomic E-state index is 5.85. The SMILES string of the molecule is Cc1cc(Cl)ccc1-n1nnc(CN)n1. The van der Waals surface area contributed by atoms with Crippen LogP contribution in [0.4, 0.5) is 0 Å². The van der Waals surface area contributed by atoms with Gasteiger partial charge < -0.3 is 5.73 Å². The number of aryl methyl sites for hydroxylation is 1. The summed E-state index contributed by atoms with van der Waals surface area (Å²) in [5.74, 6) is 0.518. The van der Waals surface area contributed by atoms with E-state index in [9.17, 15) is 0 Å². The van der Waals surface area contributed by atoms with Crippen LogP contribution in [0.15, 0.2) is 18.2 Å². The molecule has 0 radical (unpaired) electrons. The van der Waals surface area contributed by atoms with E-state index < -0.39 is 0 Å². The molecule has 0 aliphatic rings. The number of rotatable bonds is 2. The van der Waals surface area contributed by atoms with Crippen molar-refractivity contribution >= 4 is 11.6 Å². The average molecular weight is 224 g/mol. The van der Waals surface area contributed by atoms with E-state index in [1.54, 1.807) is 6.07 Å². The Hall–Kier alpha value is -1.46. The number of nitrogens with two attached hydrogens (primary N) is 1. The first-order valence-corrected chi connectivity index (χ1v) is 4.84. The van der Waals surface area contributed by atoms with Gasteiger partial charge in [-0.05, 0) is 35.9 Å². The van der Waals surface area contributed by atoms with E-state index in [4.69, 9.17) is 17.3 Å². The summed E-state index contributed by atoms with van der Waals surface area (Å²) in [7, 11) is 0. The first-order chi connectivity index (χ1) is 7.20. The van der Waals surface area contributed by atoms with Crippen LogP contribution in [0.25, 0.3) is 5.69 Å². The highest BCUT2D eigenvalue weighted by molar-refractivity contribution is 6.30. The summed E-state index contributed by atoms with van der Waals surface area (Å²) in [6, 6.07) is 5.48. The molecule has 0 saturated carbocycles. The molecular formula is C9H10ClN5. The predicted octanol–water partition coefficient (Wildman–Crippen LogP) is 1.08. The molecule has 78 valence electrons. The van der Waals surface area contributed by atoms with Crippen molar-refractivity contribution in [3.8, 4) is 5.69 Å². The van der Waals surface area contributed by atoms with Crippen LogP contribution in [-0.4, -0.2) is 20.2 Å². The lowest BCUT2D eigenvalue weighted by atomic mass is 10.2. The third-order valence-corrected chi connectivity index (χ3v) is 2.25. The van der Waals surface area contributed by atoms with Crippen molar-refractivity contribution < 1.29 is 0 Å². The molecule has 0 bridgehead atoms. The predicted molar refractivity (Wildman–Crippen MR) is 56.8 cm³/mol. The Morgan fingerprint density at radius 2 is 2.27 bits per heavy atom. The molecule has 2 N–H and O–H groups in total. The van der Waals surface area contributed by atoms with Gasteiger partial charge in [-0.15, -0.1) is 15.0 Å². The van der Waals surface area contributed by atoms with E-state index in [2.05, 4.69) is 15.4 Å². The summed E-state index contributed by atoms with van der Waals surface area (Å²) in [6.45, 7) is 2.22. The van der Waals surface area contributed by atoms with E-state index in [0.717, 1.165) is 11.3 Å². The highest BCUT2D eigenvalue weighted by Crippen LogP contribution is 2.17. The molecular weight excluding hydrogens is 214 g/mol. The van der Waals surface area contributed by atoms with Crippen molar-refractivity contribution in [2.45, 2.75) is 13.5 Å². The molecule has 0 aliphatic heterocycles. The van der Waals surface area contributed by atoms with Crippen LogP contribution in [0.5, 0.6) is 0 Å². The summed E-state index contributed by atoms with van der Waals surface area (Å²) in [4.78, 5) is 1.45. The maximum absolute atomic E-state index is 5.85.